The summed E-state index contributed by atoms with van der Waals surface area (Å²) < 4.78 is 6.33. The molecule has 0 N–H and O–H groups in total. The monoisotopic (exact) mass is 816 g/mol. The molecule has 10 aromatic carbocycles. The van der Waals surface area contributed by atoms with Crippen molar-refractivity contribution >= 4 is 54.3 Å². The standard InChI is InChI=1S/C61H40N2O/c1-61(2)53-35-39-19-7-6-18-38(39)34-52(53)49-26-14-25-48(59(49)61)46-31-30-44(40-20-8-9-21-41(40)46)45-32-33-47(43-23-11-10-22-42(43)45)54-36-55(63-60(62-54)37-16-4-3-5-17-37)50-27-15-29-57-58(50)51-24-12-13-28-56(51)64-57/h3-36H,1-2H3. The Morgan fingerprint density at radius 1 is 0.359 bits per heavy atom. The molecule has 0 unspecified atom stereocenters. The molecule has 0 spiro atoms. The normalized spacial score (nSPS) is 13.0. The van der Waals surface area contributed by atoms with Crippen LogP contribution in [0.5, 0.6) is 0 Å². The van der Waals surface area contributed by atoms with Crippen molar-refractivity contribution in [1.29, 1.82) is 0 Å². The topological polar surface area (TPSA) is 38.9 Å². The Kier molecular flexibility index (Phi) is 7.95. The summed E-state index contributed by atoms with van der Waals surface area (Å²) in [5, 5.41) is 9.47. The molecule has 12 aromatic rings. The molecule has 0 saturated heterocycles. The molecule has 1 aliphatic rings. The summed E-state index contributed by atoms with van der Waals surface area (Å²) in [6.45, 7) is 4.78. The number of rotatable bonds is 5. The van der Waals surface area contributed by atoms with Gasteiger partial charge in [-0.15, -0.1) is 0 Å². The third-order valence-electron chi connectivity index (χ3n) is 13.7. The Morgan fingerprint density at radius 3 is 1.53 bits per heavy atom. The largest absolute Gasteiger partial charge is 0.456 e. The van der Waals surface area contributed by atoms with Gasteiger partial charge in [-0.05, 0) is 107 Å². The van der Waals surface area contributed by atoms with Crippen molar-refractivity contribution in [2.45, 2.75) is 19.3 Å². The zero-order valence-electron chi connectivity index (χ0n) is 35.4. The van der Waals surface area contributed by atoms with E-state index in [-0.39, 0.29) is 5.41 Å². The first-order valence-electron chi connectivity index (χ1n) is 22.1. The molecule has 0 fully saturated rings. The fourth-order valence-corrected chi connectivity index (χ4v) is 10.7. The zero-order chi connectivity index (χ0) is 42.5. The van der Waals surface area contributed by atoms with Gasteiger partial charge in [0, 0.05) is 32.9 Å². The maximum atomic E-state index is 6.33. The maximum absolute atomic E-state index is 6.33. The highest BCUT2D eigenvalue weighted by Crippen LogP contribution is 2.54. The summed E-state index contributed by atoms with van der Waals surface area (Å²) in [6.07, 6.45) is 0. The Balaban J connectivity index is 0.981. The average molecular weight is 817 g/mol. The van der Waals surface area contributed by atoms with E-state index in [1.54, 1.807) is 0 Å². The third kappa shape index (κ3) is 5.47. The summed E-state index contributed by atoms with van der Waals surface area (Å²) >= 11 is 0. The molecule has 1 aliphatic carbocycles. The summed E-state index contributed by atoms with van der Waals surface area (Å²) in [4.78, 5) is 10.6. The molecule has 0 saturated carbocycles. The van der Waals surface area contributed by atoms with Crippen LogP contribution in [-0.4, -0.2) is 9.97 Å². The van der Waals surface area contributed by atoms with Crippen LogP contribution in [0, 0.1) is 0 Å². The van der Waals surface area contributed by atoms with Gasteiger partial charge in [0.25, 0.3) is 0 Å². The number of furan rings is 1. The van der Waals surface area contributed by atoms with Crippen LogP contribution in [0.3, 0.4) is 0 Å². The SMILES string of the molecule is CC1(C)c2cc3ccccc3cc2-c2cccc(-c3ccc(-c4ccc(-c5cc(-c6cccc7oc8ccccc8c67)nc(-c6ccccc6)n5)c5ccccc45)c4ccccc34)c21. The molecule has 0 bridgehead atoms. The summed E-state index contributed by atoms with van der Waals surface area (Å²) in [6, 6.07) is 74.2. The highest BCUT2D eigenvalue weighted by molar-refractivity contribution is 6.14. The van der Waals surface area contributed by atoms with Crippen LogP contribution >= 0.6 is 0 Å². The predicted octanol–water partition coefficient (Wildman–Crippen LogP) is 16.5. The van der Waals surface area contributed by atoms with Crippen molar-refractivity contribution in [3.05, 3.63) is 217 Å². The number of fused-ring (bicyclic) bond motifs is 9. The fourth-order valence-electron chi connectivity index (χ4n) is 10.7. The van der Waals surface area contributed by atoms with E-state index in [0.29, 0.717) is 5.82 Å². The number of nitrogens with zero attached hydrogens (tertiary/aromatic N) is 2. The van der Waals surface area contributed by atoms with E-state index in [1.165, 1.54) is 71.4 Å². The summed E-state index contributed by atoms with van der Waals surface area (Å²) in [5.74, 6) is 0.680. The maximum Gasteiger partial charge on any atom is 0.160 e. The van der Waals surface area contributed by atoms with Crippen molar-refractivity contribution < 1.29 is 4.42 Å². The smallest absolute Gasteiger partial charge is 0.160 e. The molecule has 2 heterocycles. The lowest BCUT2D eigenvalue weighted by atomic mass is 9.77. The number of benzene rings is 10. The average Bonchev–Trinajstić information content (AvgIpc) is 3.84. The molecular formula is C61H40N2O. The Labute approximate surface area is 371 Å². The van der Waals surface area contributed by atoms with E-state index in [0.717, 1.165) is 55.4 Å². The van der Waals surface area contributed by atoms with Crippen molar-refractivity contribution in [3.63, 3.8) is 0 Å². The van der Waals surface area contributed by atoms with E-state index in [1.807, 2.05) is 36.4 Å². The van der Waals surface area contributed by atoms with Gasteiger partial charge in [0.1, 0.15) is 11.2 Å². The molecule has 13 rings (SSSR count). The summed E-state index contributed by atoms with van der Waals surface area (Å²) in [7, 11) is 0. The molecular weight excluding hydrogens is 777 g/mol. The van der Waals surface area contributed by atoms with Crippen LogP contribution in [0.15, 0.2) is 211 Å². The summed E-state index contributed by atoms with van der Waals surface area (Å²) in [5.41, 5.74) is 16.7. The predicted molar refractivity (Wildman–Crippen MR) is 267 cm³/mol. The Hall–Kier alpha value is -8.14. The fraction of sp³-hybridized carbons (Fsp3) is 0.0492. The van der Waals surface area contributed by atoms with Crippen molar-refractivity contribution in [2.75, 3.05) is 0 Å². The van der Waals surface area contributed by atoms with Crippen LogP contribution < -0.4 is 0 Å². The minimum absolute atomic E-state index is 0.169. The van der Waals surface area contributed by atoms with E-state index in [4.69, 9.17) is 14.4 Å². The zero-order valence-corrected chi connectivity index (χ0v) is 35.4. The first-order valence-corrected chi connectivity index (χ1v) is 22.1. The minimum Gasteiger partial charge on any atom is -0.456 e. The van der Waals surface area contributed by atoms with Gasteiger partial charge in [0.2, 0.25) is 0 Å². The quantitative estimate of drug-likeness (QED) is 0.174. The van der Waals surface area contributed by atoms with Gasteiger partial charge >= 0.3 is 0 Å². The highest BCUT2D eigenvalue weighted by atomic mass is 16.3. The van der Waals surface area contributed by atoms with Gasteiger partial charge < -0.3 is 4.42 Å². The molecule has 300 valence electrons. The van der Waals surface area contributed by atoms with Crippen LogP contribution in [-0.2, 0) is 5.41 Å². The van der Waals surface area contributed by atoms with E-state index < -0.39 is 0 Å². The molecule has 0 aliphatic heterocycles. The minimum atomic E-state index is -0.169. The lowest BCUT2D eigenvalue weighted by Gasteiger charge is -2.25. The molecule has 0 amide bonds. The van der Waals surface area contributed by atoms with Gasteiger partial charge in [-0.3, -0.25) is 0 Å². The van der Waals surface area contributed by atoms with E-state index in [2.05, 4.69) is 184 Å². The van der Waals surface area contributed by atoms with Crippen molar-refractivity contribution in [3.8, 4) is 67.3 Å². The Morgan fingerprint density at radius 2 is 0.844 bits per heavy atom. The second kappa shape index (κ2) is 13.9. The van der Waals surface area contributed by atoms with E-state index in [9.17, 15) is 0 Å². The number of aromatic nitrogens is 2. The first-order chi connectivity index (χ1) is 31.5. The van der Waals surface area contributed by atoms with Crippen molar-refractivity contribution in [2.24, 2.45) is 0 Å². The lowest BCUT2D eigenvalue weighted by Crippen LogP contribution is -2.16. The van der Waals surface area contributed by atoms with Crippen molar-refractivity contribution in [1.82, 2.24) is 9.97 Å². The van der Waals surface area contributed by atoms with Crippen LogP contribution in [0.4, 0.5) is 0 Å². The molecule has 64 heavy (non-hydrogen) atoms. The highest BCUT2D eigenvalue weighted by Gasteiger charge is 2.38. The number of para-hydroxylation sites is 1. The number of hydrogen-bond acceptors (Lipinski definition) is 3. The molecule has 0 radical (unpaired) electrons. The molecule has 3 heteroatoms. The first kappa shape index (κ1) is 36.5. The van der Waals surface area contributed by atoms with Gasteiger partial charge in [-0.2, -0.15) is 0 Å². The van der Waals surface area contributed by atoms with Crippen LogP contribution in [0.1, 0.15) is 25.0 Å². The second-order valence-corrected chi connectivity index (χ2v) is 17.6. The number of hydrogen-bond donors (Lipinski definition) is 0. The van der Waals surface area contributed by atoms with E-state index >= 15 is 0 Å². The molecule has 0 atom stereocenters. The molecule has 2 aromatic heterocycles. The lowest BCUT2D eigenvalue weighted by molar-refractivity contribution is 0.663. The van der Waals surface area contributed by atoms with Gasteiger partial charge in [-0.1, -0.05) is 190 Å². The second-order valence-electron chi connectivity index (χ2n) is 17.6. The van der Waals surface area contributed by atoms with Gasteiger partial charge in [0.15, 0.2) is 5.82 Å². The molecule has 3 nitrogen and oxygen atoms in total. The Bertz CT molecular complexity index is 3880. The van der Waals surface area contributed by atoms with Crippen LogP contribution in [0.2, 0.25) is 0 Å². The van der Waals surface area contributed by atoms with Gasteiger partial charge in [0.05, 0.1) is 11.4 Å². The van der Waals surface area contributed by atoms with Gasteiger partial charge in [-0.25, -0.2) is 9.97 Å². The third-order valence-corrected chi connectivity index (χ3v) is 13.7. The van der Waals surface area contributed by atoms with Crippen LogP contribution in [0.25, 0.3) is 122 Å².